The summed E-state index contributed by atoms with van der Waals surface area (Å²) in [6.07, 6.45) is 0.879. The lowest BCUT2D eigenvalue weighted by molar-refractivity contribution is 0.179. The molecule has 0 aliphatic carbocycles. The Morgan fingerprint density at radius 2 is 2.14 bits per heavy atom. The van der Waals surface area contributed by atoms with Crippen LogP contribution < -0.4 is 15.5 Å². The van der Waals surface area contributed by atoms with Crippen LogP contribution in [0.3, 0.4) is 0 Å². The van der Waals surface area contributed by atoms with Crippen molar-refractivity contribution in [2.45, 2.75) is 19.4 Å². The summed E-state index contributed by atoms with van der Waals surface area (Å²) in [6.45, 7) is 4.18. The first-order valence-electron chi connectivity index (χ1n) is 7.50. The second-order valence-corrected chi connectivity index (χ2v) is 5.23. The minimum atomic E-state index is -0.191. The van der Waals surface area contributed by atoms with Crippen LogP contribution in [0, 0.1) is 5.82 Å². The van der Waals surface area contributed by atoms with Crippen molar-refractivity contribution in [2.24, 2.45) is 4.99 Å². The van der Waals surface area contributed by atoms with E-state index in [1.165, 1.54) is 6.07 Å². The molecule has 0 amide bonds. The summed E-state index contributed by atoms with van der Waals surface area (Å²) in [7, 11) is 5.30. The first kappa shape index (κ1) is 18.2. The molecule has 124 valence electrons. The molecule has 0 saturated heterocycles. The van der Waals surface area contributed by atoms with E-state index >= 15 is 0 Å². The fourth-order valence-electron chi connectivity index (χ4n) is 2.12. The molecule has 5 nitrogen and oxygen atoms in total. The molecule has 0 fully saturated rings. The lowest BCUT2D eigenvalue weighted by Gasteiger charge is -2.21. The van der Waals surface area contributed by atoms with Crippen molar-refractivity contribution >= 4 is 11.6 Å². The van der Waals surface area contributed by atoms with Crippen LogP contribution in [-0.2, 0) is 4.74 Å². The number of methoxy groups -OCH3 is 1. The molecule has 1 aromatic rings. The Morgan fingerprint density at radius 3 is 2.77 bits per heavy atom. The van der Waals surface area contributed by atoms with Gasteiger partial charge in [0.05, 0.1) is 12.3 Å². The fraction of sp³-hybridized carbons (Fsp3) is 0.562. The second kappa shape index (κ2) is 10.00. The monoisotopic (exact) mass is 310 g/mol. The minimum absolute atomic E-state index is 0.191. The number of guanidine groups is 1. The maximum atomic E-state index is 13.6. The van der Waals surface area contributed by atoms with E-state index in [9.17, 15) is 4.39 Å². The molecule has 0 bridgehead atoms. The summed E-state index contributed by atoms with van der Waals surface area (Å²) < 4.78 is 18.7. The Bertz CT molecular complexity index is 467. The molecule has 2 N–H and O–H groups in total. The molecule has 0 spiro atoms. The minimum Gasteiger partial charge on any atom is -0.383 e. The lowest BCUT2D eigenvalue weighted by atomic mass is 10.2. The zero-order valence-corrected chi connectivity index (χ0v) is 13.9. The van der Waals surface area contributed by atoms with Gasteiger partial charge in [0.15, 0.2) is 5.96 Å². The number of nitrogens with zero attached hydrogens (tertiary/aromatic N) is 2. The van der Waals surface area contributed by atoms with Gasteiger partial charge in [0.25, 0.3) is 0 Å². The van der Waals surface area contributed by atoms with Crippen LogP contribution in [0.25, 0.3) is 0 Å². The molecule has 6 heteroatoms. The van der Waals surface area contributed by atoms with E-state index in [4.69, 9.17) is 4.74 Å². The van der Waals surface area contributed by atoms with Crippen molar-refractivity contribution in [3.8, 4) is 0 Å². The third-order valence-electron chi connectivity index (χ3n) is 3.25. The highest BCUT2D eigenvalue weighted by Crippen LogP contribution is 2.16. The number of benzene rings is 1. The van der Waals surface area contributed by atoms with Gasteiger partial charge in [0.2, 0.25) is 0 Å². The predicted molar refractivity (Wildman–Crippen MR) is 90.1 cm³/mol. The molecule has 1 rings (SSSR count). The van der Waals surface area contributed by atoms with Gasteiger partial charge in [-0.1, -0.05) is 12.1 Å². The van der Waals surface area contributed by atoms with Gasteiger partial charge < -0.3 is 20.3 Å². The quantitative estimate of drug-likeness (QED) is 0.437. The second-order valence-electron chi connectivity index (χ2n) is 5.23. The number of anilines is 1. The summed E-state index contributed by atoms with van der Waals surface area (Å²) in [4.78, 5) is 6.08. The Morgan fingerprint density at radius 1 is 1.41 bits per heavy atom. The molecule has 0 aromatic heterocycles. The SMILES string of the molecule is CN=C(NCCCN(C)c1ccccc1F)NC(C)COC. The van der Waals surface area contributed by atoms with Crippen LogP contribution in [0.5, 0.6) is 0 Å². The van der Waals surface area contributed by atoms with Gasteiger partial charge >= 0.3 is 0 Å². The van der Waals surface area contributed by atoms with Gasteiger partial charge in [-0.05, 0) is 25.5 Å². The predicted octanol–water partition coefficient (Wildman–Crippen LogP) is 1.85. The van der Waals surface area contributed by atoms with Crippen molar-refractivity contribution in [1.29, 1.82) is 0 Å². The highest BCUT2D eigenvalue weighted by Gasteiger charge is 2.07. The summed E-state index contributed by atoms with van der Waals surface area (Å²) >= 11 is 0. The van der Waals surface area contributed by atoms with E-state index in [0.717, 1.165) is 25.5 Å². The van der Waals surface area contributed by atoms with Crippen molar-refractivity contribution in [2.75, 3.05) is 45.8 Å². The van der Waals surface area contributed by atoms with Crippen molar-refractivity contribution in [1.82, 2.24) is 10.6 Å². The number of ether oxygens (including phenoxy) is 1. The highest BCUT2D eigenvalue weighted by molar-refractivity contribution is 5.79. The van der Waals surface area contributed by atoms with Gasteiger partial charge in [-0.25, -0.2) is 4.39 Å². The molecule has 0 aliphatic heterocycles. The Kier molecular flexibility index (Phi) is 8.28. The summed E-state index contributed by atoms with van der Waals surface area (Å²) in [5, 5.41) is 6.48. The Labute approximate surface area is 132 Å². The number of rotatable bonds is 8. The first-order valence-corrected chi connectivity index (χ1v) is 7.50. The van der Waals surface area contributed by atoms with Crippen LogP contribution in [0.2, 0.25) is 0 Å². The van der Waals surface area contributed by atoms with Gasteiger partial charge in [-0.3, -0.25) is 4.99 Å². The molecule has 1 unspecified atom stereocenters. The number of nitrogens with one attached hydrogen (secondary N) is 2. The van der Waals surface area contributed by atoms with Crippen LogP contribution >= 0.6 is 0 Å². The van der Waals surface area contributed by atoms with E-state index in [2.05, 4.69) is 15.6 Å². The van der Waals surface area contributed by atoms with Crippen LogP contribution in [0.4, 0.5) is 10.1 Å². The average molecular weight is 310 g/mol. The number of halogens is 1. The molecule has 0 aliphatic rings. The number of para-hydroxylation sites is 1. The third kappa shape index (κ3) is 6.30. The summed E-state index contributed by atoms with van der Waals surface area (Å²) in [6, 6.07) is 7.00. The Hall–Kier alpha value is -1.82. The molecular formula is C16H27FN4O. The Balaban J connectivity index is 2.30. The van der Waals surface area contributed by atoms with Crippen molar-refractivity contribution in [3.05, 3.63) is 30.1 Å². The fourth-order valence-corrected chi connectivity index (χ4v) is 2.12. The van der Waals surface area contributed by atoms with E-state index in [1.54, 1.807) is 26.3 Å². The van der Waals surface area contributed by atoms with E-state index in [0.29, 0.717) is 12.3 Å². The largest absolute Gasteiger partial charge is 0.383 e. The van der Waals surface area contributed by atoms with Gasteiger partial charge in [0, 0.05) is 40.3 Å². The van der Waals surface area contributed by atoms with E-state index < -0.39 is 0 Å². The lowest BCUT2D eigenvalue weighted by Crippen LogP contribution is -2.44. The molecule has 0 saturated carbocycles. The zero-order valence-electron chi connectivity index (χ0n) is 13.9. The topological polar surface area (TPSA) is 48.9 Å². The zero-order chi connectivity index (χ0) is 16.4. The number of aliphatic imine (C=N–C) groups is 1. The average Bonchev–Trinajstić information content (AvgIpc) is 2.50. The van der Waals surface area contributed by atoms with Gasteiger partial charge in [0.1, 0.15) is 5.82 Å². The van der Waals surface area contributed by atoms with Gasteiger partial charge in [-0.15, -0.1) is 0 Å². The van der Waals surface area contributed by atoms with Crippen LogP contribution in [0.15, 0.2) is 29.3 Å². The molecule has 0 heterocycles. The molecule has 0 radical (unpaired) electrons. The maximum Gasteiger partial charge on any atom is 0.191 e. The molecule has 1 atom stereocenters. The van der Waals surface area contributed by atoms with Gasteiger partial charge in [-0.2, -0.15) is 0 Å². The highest BCUT2D eigenvalue weighted by atomic mass is 19.1. The van der Waals surface area contributed by atoms with Crippen LogP contribution in [-0.4, -0.2) is 52.9 Å². The van der Waals surface area contributed by atoms with Crippen LogP contribution in [0.1, 0.15) is 13.3 Å². The third-order valence-corrected chi connectivity index (χ3v) is 3.25. The van der Waals surface area contributed by atoms with Crippen molar-refractivity contribution < 1.29 is 9.13 Å². The molecule has 22 heavy (non-hydrogen) atoms. The van der Waals surface area contributed by atoms with Crippen molar-refractivity contribution in [3.63, 3.8) is 0 Å². The number of hydrogen-bond donors (Lipinski definition) is 2. The summed E-state index contributed by atoms with van der Waals surface area (Å²) in [5.74, 6) is 0.557. The summed E-state index contributed by atoms with van der Waals surface area (Å²) in [5.41, 5.74) is 0.624. The maximum absolute atomic E-state index is 13.6. The van der Waals surface area contributed by atoms with E-state index in [-0.39, 0.29) is 11.9 Å². The number of hydrogen-bond acceptors (Lipinski definition) is 3. The van der Waals surface area contributed by atoms with E-state index in [1.807, 2.05) is 24.9 Å². The smallest absolute Gasteiger partial charge is 0.191 e. The standard InChI is InChI=1S/C16H27FN4O/c1-13(12-22-4)20-16(18-2)19-10-7-11-21(3)15-9-6-5-8-14(15)17/h5-6,8-9,13H,7,10-12H2,1-4H3,(H2,18,19,20). The molecule has 1 aromatic carbocycles. The molecular weight excluding hydrogens is 283 g/mol. The first-order chi connectivity index (χ1) is 10.6. The normalized spacial score (nSPS) is 12.9.